The molecule has 106 valence electrons. The van der Waals surface area contributed by atoms with Gasteiger partial charge in [-0.05, 0) is 30.3 Å². The Labute approximate surface area is 119 Å². The van der Waals surface area contributed by atoms with Crippen molar-refractivity contribution in [2.75, 3.05) is 10.5 Å². The zero-order valence-corrected chi connectivity index (χ0v) is 11.5. The Morgan fingerprint density at radius 1 is 1.15 bits per heavy atom. The Bertz CT molecular complexity index is 746. The van der Waals surface area contributed by atoms with Crippen molar-refractivity contribution in [3.05, 3.63) is 53.1 Å². The predicted octanol–water partition coefficient (Wildman–Crippen LogP) is 3.00. The summed E-state index contributed by atoms with van der Waals surface area (Å²) in [6, 6.07) is 6.57. The number of nitrogens with two attached hydrogens (primary N) is 1. The van der Waals surface area contributed by atoms with Crippen molar-refractivity contribution in [1.82, 2.24) is 0 Å². The van der Waals surface area contributed by atoms with Gasteiger partial charge < -0.3 is 5.73 Å². The molecule has 20 heavy (non-hydrogen) atoms. The zero-order valence-electron chi connectivity index (χ0n) is 9.90. The monoisotopic (exact) mass is 318 g/mol. The fourth-order valence-corrected chi connectivity index (χ4v) is 2.98. The highest BCUT2D eigenvalue weighted by atomic mass is 35.5. The molecule has 4 nitrogen and oxygen atoms in total. The van der Waals surface area contributed by atoms with Crippen LogP contribution in [0.1, 0.15) is 0 Å². The SMILES string of the molecule is Nc1c(F)cccc1S(=O)(=O)Nc1cc(F)cc(Cl)c1. The number of benzene rings is 2. The van der Waals surface area contributed by atoms with Gasteiger partial charge in [-0.1, -0.05) is 17.7 Å². The van der Waals surface area contributed by atoms with E-state index in [2.05, 4.69) is 4.72 Å². The number of nitrogens with one attached hydrogen (secondary N) is 1. The number of nitrogen functional groups attached to an aromatic ring is 1. The first-order valence-electron chi connectivity index (χ1n) is 5.32. The van der Waals surface area contributed by atoms with Crippen molar-refractivity contribution in [1.29, 1.82) is 0 Å². The van der Waals surface area contributed by atoms with Gasteiger partial charge in [-0.2, -0.15) is 0 Å². The van der Waals surface area contributed by atoms with Crippen LogP contribution in [0.5, 0.6) is 0 Å². The van der Waals surface area contributed by atoms with E-state index in [0.717, 1.165) is 24.3 Å². The van der Waals surface area contributed by atoms with Gasteiger partial charge in [0.2, 0.25) is 0 Å². The standard InChI is InChI=1S/C12H9ClF2N2O2S/c13-7-4-8(14)6-9(5-7)17-20(18,19)11-3-1-2-10(15)12(11)16/h1-6,17H,16H2. The molecule has 2 aromatic carbocycles. The van der Waals surface area contributed by atoms with Gasteiger partial charge in [-0.25, -0.2) is 17.2 Å². The van der Waals surface area contributed by atoms with Crippen molar-refractivity contribution in [2.24, 2.45) is 0 Å². The van der Waals surface area contributed by atoms with E-state index in [9.17, 15) is 17.2 Å². The van der Waals surface area contributed by atoms with Gasteiger partial charge in [0.15, 0.2) is 0 Å². The van der Waals surface area contributed by atoms with Gasteiger partial charge in [0.25, 0.3) is 10.0 Å². The minimum atomic E-state index is -4.14. The van der Waals surface area contributed by atoms with Crippen molar-refractivity contribution < 1.29 is 17.2 Å². The molecule has 0 unspecified atom stereocenters. The molecule has 0 aliphatic rings. The second-order valence-corrected chi connectivity index (χ2v) is 6.00. The van der Waals surface area contributed by atoms with Crippen LogP contribution in [0, 0.1) is 11.6 Å². The van der Waals surface area contributed by atoms with Crippen LogP contribution in [0.3, 0.4) is 0 Å². The van der Waals surface area contributed by atoms with Gasteiger partial charge in [-0.3, -0.25) is 4.72 Å². The molecule has 0 atom stereocenters. The van der Waals surface area contributed by atoms with E-state index in [0.29, 0.717) is 0 Å². The Balaban J connectivity index is 2.43. The molecular weight excluding hydrogens is 310 g/mol. The third-order valence-corrected chi connectivity index (χ3v) is 4.07. The van der Waals surface area contributed by atoms with Crippen LogP contribution in [-0.4, -0.2) is 8.42 Å². The molecule has 8 heteroatoms. The lowest BCUT2D eigenvalue weighted by atomic mass is 10.3. The second kappa shape index (κ2) is 5.26. The highest BCUT2D eigenvalue weighted by Gasteiger charge is 2.20. The normalized spacial score (nSPS) is 11.3. The maximum Gasteiger partial charge on any atom is 0.264 e. The summed E-state index contributed by atoms with van der Waals surface area (Å²) < 4.78 is 52.7. The molecule has 0 saturated heterocycles. The van der Waals surface area contributed by atoms with Crippen molar-refractivity contribution >= 4 is 33.0 Å². The van der Waals surface area contributed by atoms with Crippen LogP contribution in [0.25, 0.3) is 0 Å². The molecule has 0 amide bonds. The molecule has 0 aromatic heterocycles. The Kier molecular flexibility index (Phi) is 3.82. The molecule has 2 rings (SSSR count). The van der Waals surface area contributed by atoms with E-state index in [1.165, 1.54) is 12.1 Å². The first-order valence-corrected chi connectivity index (χ1v) is 7.18. The number of rotatable bonds is 3. The van der Waals surface area contributed by atoms with Gasteiger partial charge in [0.05, 0.1) is 11.4 Å². The first-order chi connectivity index (χ1) is 9.29. The van der Waals surface area contributed by atoms with Gasteiger partial charge in [0, 0.05) is 5.02 Å². The van der Waals surface area contributed by atoms with Crippen LogP contribution in [0.2, 0.25) is 5.02 Å². The van der Waals surface area contributed by atoms with E-state index < -0.39 is 32.2 Å². The Hall–Kier alpha value is -1.86. The third kappa shape index (κ3) is 3.00. The lowest BCUT2D eigenvalue weighted by molar-refractivity contribution is 0.597. The molecule has 2 aromatic rings. The van der Waals surface area contributed by atoms with Gasteiger partial charge in [-0.15, -0.1) is 0 Å². The number of sulfonamides is 1. The van der Waals surface area contributed by atoms with Crippen molar-refractivity contribution in [3.8, 4) is 0 Å². The van der Waals surface area contributed by atoms with E-state index in [-0.39, 0.29) is 10.7 Å². The zero-order chi connectivity index (χ0) is 14.9. The van der Waals surface area contributed by atoms with E-state index >= 15 is 0 Å². The number of halogens is 3. The van der Waals surface area contributed by atoms with Crippen LogP contribution < -0.4 is 10.5 Å². The minimum Gasteiger partial charge on any atom is -0.395 e. The Morgan fingerprint density at radius 2 is 1.85 bits per heavy atom. The largest absolute Gasteiger partial charge is 0.395 e. The van der Waals surface area contributed by atoms with Crippen LogP contribution in [0.15, 0.2) is 41.3 Å². The highest BCUT2D eigenvalue weighted by molar-refractivity contribution is 7.92. The third-order valence-electron chi connectivity index (χ3n) is 2.42. The molecule has 3 N–H and O–H groups in total. The maximum absolute atomic E-state index is 13.3. The molecule has 0 aliphatic heterocycles. The maximum atomic E-state index is 13.3. The summed E-state index contributed by atoms with van der Waals surface area (Å²) in [5.74, 6) is -1.56. The molecule has 0 bridgehead atoms. The average Bonchev–Trinajstić information content (AvgIpc) is 2.30. The minimum absolute atomic E-state index is 0.0231. The number of hydrogen-bond donors (Lipinski definition) is 2. The molecule has 0 radical (unpaired) electrons. The first kappa shape index (κ1) is 14.5. The van der Waals surface area contributed by atoms with E-state index in [4.69, 9.17) is 17.3 Å². The van der Waals surface area contributed by atoms with Crippen molar-refractivity contribution in [3.63, 3.8) is 0 Å². The summed E-state index contributed by atoms with van der Waals surface area (Å²) in [6.07, 6.45) is 0. The molecule has 0 fully saturated rings. The second-order valence-electron chi connectivity index (χ2n) is 3.92. The van der Waals surface area contributed by atoms with Crippen LogP contribution in [-0.2, 0) is 10.0 Å². The summed E-state index contributed by atoms with van der Waals surface area (Å²) >= 11 is 5.62. The van der Waals surface area contributed by atoms with E-state index in [1.807, 2.05) is 0 Å². The summed E-state index contributed by atoms with van der Waals surface area (Å²) in [5.41, 5.74) is 4.79. The molecule has 0 heterocycles. The van der Waals surface area contributed by atoms with Gasteiger partial charge >= 0.3 is 0 Å². The fourth-order valence-electron chi connectivity index (χ4n) is 1.57. The average molecular weight is 319 g/mol. The number of hydrogen-bond acceptors (Lipinski definition) is 3. The quantitative estimate of drug-likeness (QED) is 0.854. The summed E-state index contributed by atoms with van der Waals surface area (Å²) in [5, 5.41) is 0.0231. The molecule has 0 aliphatic carbocycles. The van der Waals surface area contributed by atoms with Crippen LogP contribution >= 0.6 is 11.6 Å². The van der Waals surface area contributed by atoms with Gasteiger partial charge in [0.1, 0.15) is 16.5 Å². The van der Waals surface area contributed by atoms with Crippen LogP contribution in [0.4, 0.5) is 20.2 Å². The highest BCUT2D eigenvalue weighted by Crippen LogP contribution is 2.25. The number of anilines is 2. The predicted molar refractivity (Wildman–Crippen MR) is 73.0 cm³/mol. The van der Waals surface area contributed by atoms with Crippen molar-refractivity contribution in [2.45, 2.75) is 4.90 Å². The molecular formula is C12H9ClF2N2O2S. The lowest BCUT2D eigenvalue weighted by Gasteiger charge is -2.10. The number of para-hydroxylation sites is 1. The molecule has 0 spiro atoms. The lowest BCUT2D eigenvalue weighted by Crippen LogP contribution is -2.15. The van der Waals surface area contributed by atoms with E-state index in [1.54, 1.807) is 0 Å². The summed E-state index contributed by atoms with van der Waals surface area (Å²) in [4.78, 5) is -0.433. The molecule has 0 saturated carbocycles. The Morgan fingerprint density at radius 3 is 2.50 bits per heavy atom. The smallest absolute Gasteiger partial charge is 0.264 e. The topological polar surface area (TPSA) is 72.2 Å². The fraction of sp³-hybridized carbons (Fsp3) is 0. The summed E-state index contributed by atoms with van der Waals surface area (Å²) in [7, 11) is -4.14. The summed E-state index contributed by atoms with van der Waals surface area (Å²) in [6.45, 7) is 0.